The van der Waals surface area contributed by atoms with Gasteiger partial charge in [-0.1, -0.05) is 6.92 Å². The fourth-order valence-corrected chi connectivity index (χ4v) is 2.45. The predicted octanol–water partition coefficient (Wildman–Crippen LogP) is 2.70. The van der Waals surface area contributed by atoms with E-state index in [1.165, 1.54) is 12.1 Å². The van der Waals surface area contributed by atoms with E-state index in [4.69, 9.17) is 5.73 Å². The van der Waals surface area contributed by atoms with Crippen molar-refractivity contribution >= 4 is 27.5 Å². The Bertz CT molecular complexity index is 464. The van der Waals surface area contributed by atoms with E-state index in [1.54, 1.807) is 0 Å². The second-order valence-corrected chi connectivity index (χ2v) is 5.31. The van der Waals surface area contributed by atoms with Gasteiger partial charge in [0.15, 0.2) is 0 Å². The van der Waals surface area contributed by atoms with E-state index < -0.39 is 5.82 Å². The number of carbonyl (C=O) groups excluding carboxylic acids is 1. The second-order valence-electron chi connectivity index (χ2n) is 4.45. The number of carbonyl (C=O) groups is 1. The molecule has 17 heavy (non-hydrogen) atoms. The Morgan fingerprint density at radius 2 is 2.24 bits per heavy atom. The Kier molecular flexibility index (Phi) is 3.38. The van der Waals surface area contributed by atoms with Gasteiger partial charge in [-0.25, -0.2) is 4.39 Å². The van der Waals surface area contributed by atoms with E-state index in [0.29, 0.717) is 10.4 Å². The maximum atomic E-state index is 13.3. The lowest BCUT2D eigenvalue weighted by Crippen LogP contribution is -2.45. The van der Waals surface area contributed by atoms with Crippen LogP contribution < -0.4 is 11.1 Å². The van der Waals surface area contributed by atoms with Crippen molar-refractivity contribution in [3.63, 3.8) is 0 Å². The quantitative estimate of drug-likeness (QED) is 0.825. The van der Waals surface area contributed by atoms with Crippen molar-refractivity contribution in [3.05, 3.63) is 28.0 Å². The fourth-order valence-electron chi connectivity index (χ4n) is 1.92. The molecule has 1 aliphatic rings. The molecule has 2 atom stereocenters. The monoisotopic (exact) mass is 300 g/mol. The Morgan fingerprint density at radius 1 is 1.53 bits per heavy atom. The molecule has 1 amide bonds. The van der Waals surface area contributed by atoms with Gasteiger partial charge in [-0.05, 0) is 46.8 Å². The lowest BCUT2D eigenvalue weighted by atomic mass is 9.81. The summed E-state index contributed by atoms with van der Waals surface area (Å²) < 4.78 is 13.8. The van der Waals surface area contributed by atoms with Crippen LogP contribution in [0.5, 0.6) is 0 Å². The van der Waals surface area contributed by atoms with E-state index in [-0.39, 0.29) is 23.2 Å². The van der Waals surface area contributed by atoms with Crippen LogP contribution in [0.3, 0.4) is 0 Å². The first-order valence-electron chi connectivity index (χ1n) is 5.55. The van der Waals surface area contributed by atoms with Gasteiger partial charge in [-0.3, -0.25) is 4.79 Å². The van der Waals surface area contributed by atoms with Gasteiger partial charge in [0, 0.05) is 10.5 Å². The van der Waals surface area contributed by atoms with E-state index in [2.05, 4.69) is 28.2 Å². The molecule has 2 rings (SSSR count). The van der Waals surface area contributed by atoms with Crippen molar-refractivity contribution in [3.8, 4) is 0 Å². The molecule has 1 aromatic rings. The minimum Gasteiger partial charge on any atom is -0.396 e. The minimum atomic E-state index is -0.569. The summed E-state index contributed by atoms with van der Waals surface area (Å²) in [6, 6.07) is 2.91. The van der Waals surface area contributed by atoms with E-state index in [1.807, 2.05) is 0 Å². The zero-order valence-electron chi connectivity index (χ0n) is 9.47. The van der Waals surface area contributed by atoms with Crippen LogP contribution in [0.2, 0.25) is 0 Å². The molecule has 1 fully saturated rings. The number of nitrogens with one attached hydrogen (secondary N) is 1. The largest absolute Gasteiger partial charge is 0.396 e. The number of benzene rings is 1. The predicted molar refractivity (Wildman–Crippen MR) is 68.2 cm³/mol. The maximum absolute atomic E-state index is 13.3. The lowest BCUT2D eigenvalue weighted by molar-refractivity contribution is 0.0884. The number of hydrogen-bond acceptors (Lipinski definition) is 2. The van der Waals surface area contributed by atoms with Crippen LogP contribution in [0, 0.1) is 11.7 Å². The summed E-state index contributed by atoms with van der Waals surface area (Å²) in [5, 5.41) is 2.88. The Hall–Kier alpha value is -1.10. The summed E-state index contributed by atoms with van der Waals surface area (Å²) in [5.74, 6) is -0.405. The number of nitrogens with two attached hydrogens (primary N) is 1. The van der Waals surface area contributed by atoms with Crippen molar-refractivity contribution in [2.24, 2.45) is 5.92 Å². The van der Waals surface area contributed by atoms with Crippen molar-refractivity contribution in [1.29, 1.82) is 0 Å². The molecule has 1 saturated carbocycles. The number of anilines is 1. The molecule has 0 aromatic heterocycles. The first-order valence-corrected chi connectivity index (χ1v) is 6.34. The van der Waals surface area contributed by atoms with Crippen molar-refractivity contribution in [1.82, 2.24) is 5.32 Å². The third-order valence-electron chi connectivity index (χ3n) is 3.30. The van der Waals surface area contributed by atoms with Crippen molar-refractivity contribution in [2.45, 2.75) is 25.8 Å². The number of halogens is 2. The van der Waals surface area contributed by atoms with Gasteiger partial charge in [0.05, 0.1) is 11.3 Å². The molecule has 0 saturated heterocycles. The molecular formula is C12H14BrFN2O. The maximum Gasteiger partial charge on any atom is 0.254 e. The third kappa shape index (κ3) is 2.29. The number of nitrogen functional groups attached to an aromatic ring is 1. The first kappa shape index (κ1) is 12.4. The first-order chi connectivity index (χ1) is 8.00. The van der Waals surface area contributed by atoms with Crippen molar-refractivity contribution < 1.29 is 9.18 Å². The van der Waals surface area contributed by atoms with Crippen LogP contribution in [-0.2, 0) is 0 Å². The molecule has 5 heteroatoms. The number of hydrogen-bond donors (Lipinski definition) is 2. The summed E-state index contributed by atoms with van der Waals surface area (Å²) in [4.78, 5) is 12.0. The summed E-state index contributed by atoms with van der Waals surface area (Å²) >= 11 is 3.22. The fraction of sp³-hybridized carbons (Fsp3) is 0.417. The smallest absolute Gasteiger partial charge is 0.254 e. The highest BCUT2D eigenvalue weighted by Gasteiger charge is 2.29. The van der Waals surface area contributed by atoms with Gasteiger partial charge in [0.2, 0.25) is 0 Å². The summed E-state index contributed by atoms with van der Waals surface area (Å²) in [6.07, 6.45) is 2.09. The molecule has 0 aliphatic heterocycles. The van der Waals surface area contributed by atoms with Gasteiger partial charge >= 0.3 is 0 Å². The van der Waals surface area contributed by atoms with E-state index in [0.717, 1.165) is 12.8 Å². The van der Waals surface area contributed by atoms with Crippen LogP contribution in [0.25, 0.3) is 0 Å². The molecule has 0 spiro atoms. The molecule has 1 aromatic carbocycles. The average molecular weight is 301 g/mol. The summed E-state index contributed by atoms with van der Waals surface area (Å²) in [6.45, 7) is 2.08. The number of rotatable bonds is 2. The van der Waals surface area contributed by atoms with Crippen molar-refractivity contribution in [2.75, 3.05) is 5.73 Å². The van der Waals surface area contributed by atoms with Crippen LogP contribution in [-0.4, -0.2) is 11.9 Å². The Labute approximate surface area is 108 Å². The Morgan fingerprint density at radius 3 is 2.76 bits per heavy atom. The molecular weight excluding hydrogens is 287 g/mol. The lowest BCUT2D eigenvalue weighted by Gasteiger charge is -2.34. The highest BCUT2D eigenvalue weighted by molar-refractivity contribution is 9.10. The van der Waals surface area contributed by atoms with Gasteiger partial charge in [0.1, 0.15) is 5.82 Å². The zero-order valence-corrected chi connectivity index (χ0v) is 11.1. The molecule has 0 radical (unpaired) electrons. The molecule has 0 heterocycles. The van der Waals surface area contributed by atoms with E-state index in [9.17, 15) is 9.18 Å². The molecule has 92 valence electrons. The molecule has 3 N–H and O–H groups in total. The minimum absolute atomic E-state index is 0.108. The van der Waals surface area contributed by atoms with E-state index >= 15 is 0 Å². The highest BCUT2D eigenvalue weighted by Crippen LogP contribution is 2.29. The Balaban J connectivity index is 2.21. The third-order valence-corrected chi connectivity index (χ3v) is 3.97. The highest BCUT2D eigenvalue weighted by atomic mass is 79.9. The standard InChI is InChI=1S/C12H14BrFN2O/c1-6-2-5-9(6)16-12(17)10-7(13)3-4-8(14)11(10)15/h3-4,6,9H,2,5,15H2,1H3,(H,16,17)/t6-,9-/m0/s1. The van der Waals surface area contributed by atoms with Crippen LogP contribution in [0.4, 0.5) is 10.1 Å². The molecule has 0 bridgehead atoms. The summed E-state index contributed by atoms with van der Waals surface area (Å²) in [5.41, 5.74) is 5.67. The average Bonchev–Trinajstić information content (AvgIpc) is 2.29. The van der Waals surface area contributed by atoms with Gasteiger partial charge in [0.25, 0.3) is 5.91 Å². The molecule has 0 unspecified atom stereocenters. The molecule has 3 nitrogen and oxygen atoms in total. The van der Waals surface area contributed by atoms with Crippen LogP contribution in [0.1, 0.15) is 30.1 Å². The normalized spacial score (nSPS) is 23.0. The summed E-state index contributed by atoms with van der Waals surface area (Å²) in [7, 11) is 0. The van der Waals surface area contributed by atoms with Gasteiger partial charge in [-0.15, -0.1) is 0 Å². The SMILES string of the molecule is C[C@H]1CC[C@@H]1NC(=O)c1c(Br)ccc(F)c1N. The van der Waals surface area contributed by atoms with Gasteiger partial charge in [-0.2, -0.15) is 0 Å². The van der Waals surface area contributed by atoms with Crippen LogP contribution >= 0.6 is 15.9 Å². The zero-order chi connectivity index (χ0) is 12.6. The topological polar surface area (TPSA) is 55.1 Å². The van der Waals surface area contributed by atoms with Crippen LogP contribution in [0.15, 0.2) is 16.6 Å². The second kappa shape index (κ2) is 4.64. The van der Waals surface area contributed by atoms with Gasteiger partial charge < -0.3 is 11.1 Å². The number of amides is 1. The molecule has 1 aliphatic carbocycles.